The second-order valence-electron chi connectivity index (χ2n) is 5.08. The first-order valence-corrected chi connectivity index (χ1v) is 8.43. The predicted molar refractivity (Wildman–Crippen MR) is 88.7 cm³/mol. The van der Waals surface area contributed by atoms with Gasteiger partial charge in [0.1, 0.15) is 0 Å². The summed E-state index contributed by atoms with van der Waals surface area (Å²) in [5, 5.41) is 0. The largest absolute Gasteiger partial charge is 0.330 e. The van der Waals surface area contributed by atoms with E-state index in [1.165, 1.54) is 16.6 Å². The molecule has 1 N–H and O–H groups in total. The Morgan fingerprint density at radius 2 is 2.00 bits per heavy atom. The fourth-order valence-corrected chi connectivity index (χ4v) is 3.70. The van der Waals surface area contributed by atoms with E-state index in [1.54, 1.807) is 0 Å². The lowest BCUT2D eigenvalue weighted by Crippen LogP contribution is -2.29. The van der Waals surface area contributed by atoms with Gasteiger partial charge in [-0.25, -0.2) is 0 Å². The Bertz CT molecular complexity index is 612. The smallest absolute Gasteiger partial charge is 0.178 e. The molecule has 0 bridgehead atoms. The molecule has 0 aliphatic heterocycles. The highest BCUT2D eigenvalue weighted by Crippen LogP contribution is 2.33. The Hall–Kier alpha value is -0.740. The van der Waals surface area contributed by atoms with Crippen molar-refractivity contribution in [3.05, 3.63) is 28.5 Å². The van der Waals surface area contributed by atoms with Gasteiger partial charge in [-0.15, -0.1) is 0 Å². The fourth-order valence-electron chi connectivity index (χ4n) is 2.60. The van der Waals surface area contributed by atoms with Crippen LogP contribution in [-0.4, -0.2) is 20.6 Å². The monoisotopic (exact) mass is 294 g/mol. The second kappa shape index (κ2) is 5.71. The van der Waals surface area contributed by atoms with Crippen LogP contribution in [0.5, 0.6) is 0 Å². The zero-order chi connectivity index (χ0) is 14.0. The van der Waals surface area contributed by atoms with Gasteiger partial charge in [0, 0.05) is 11.3 Å². The van der Waals surface area contributed by atoms with Gasteiger partial charge < -0.3 is 9.55 Å². The molecule has 2 nitrogen and oxygen atoms in total. The lowest BCUT2D eigenvalue weighted by molar-refractivity contribution is 0.470. The molecule has 4 heteroatoms. The summed E-state index contributed by atoms with van der Waals surface area (Å²) >= 11 is 7.48. The molecule has 104 valence electrons. The Morgan fingerprint density at radius 3 is 2.58 bits per heavy atom. The van der Waals surface area contributed by atoms with Crippen LogP contribution in [0.4, 0.5) is 0 Å². The number of fused-ring (bicyclic) bond motifs is 1. The SMILES string of the molecule is CCC(CC)(Cn1c(=S)[nH]c2c(C)cccc21)SC. The van der Waals surface area contributed by atoms with Crippen molar-refractivity contribution in [2.24, 2.45) is 0 Å². The van der Waals surface area contributed by atoms with Crippen molar-refractivity contribution in [1.29, 1.82) is 0 Å². The number of hydrogen-bond donors (Lipinski definition) is 1. The molecule has 1 aromatic heterocycles. The zero-order valence-electron chi connectivity index (χ0n) is 12.1. The van der Waals surface area contributed by atoms with Gasteiger partial charge in [-0.1, -0.05) is 26.0 Å². The molecular weight excluding hydrogens is 272 g/mol. The molecule has 1 aromatic carbocycles. The molecule has 1 heterocycles. The van der Waals surface area contributed by atoms with Crippen molar-refractivity contribution in [2.75, 3.05) is 6.26 Å². The number of nitrogens with one attached hydrogen (secondary N) is 1. The fraction of sp³-hybridized carbons (Fsp3) is 0.533. The number of benzene rings is 1. The van der Waals surface area contributed by atoms with Crippen molar-refractivity contribution in [3.63, 3.8) is 0 Å². The van der Waals surface area contributed by atoms with E-state index in [2.05, 4.69) is 54.8 Å². The minimum absolute atomic E-state index is 0.275. The zero-order valence-corrected chi connectivity index (χ0v) is 13.8. The highest BCUT2D eigenvalue weighted by Gasteiger charge is 2.26. The van der Waals surface area contributed by atoms with E-state index in [0.717, 1.165) is 24.2 Å². The number of aromatic nitrogens is 2. The van der Waals surface area contributed by atoms with Gasteiger partial charge in [0.2, 0.25) is 0 Å². The quantitative estimate of drug-likeness (QED) is 0.789. The molecule has 0 fully saturated rings. The van der Waals surface area contributed by atoms with Crippen LogP contribution >= 0.6 is 24.0 Å². The molecule has 0 spiro atoms. The maximum atomic E-state index is 5.52. The minimum atomic E-state index is 0.275. The van der Waals surface area contributed by atoms with Crippen molar-refractivity contribution >= 4 is 35.0 Å². The van der Waals surface area contributed by atoms with Gasteiger partial charge >= 0.3 is 0 Å². The van der Waals surface area contributed by atoms with Crippen LogP contribution in [0.15, 0.2) is 18.2 Å². The van der Waals surface area contributed by atoms with Gasteiger partial charge in [-0.3, -0.25) is 0 Å². The van der Waals surface area contributed by atoms with Crippen molar-refractivity contribution in [2.45, 2.75) is 44.9 Å². The summed E-state index contributed by atoms with van der Waals surface area (Å²) in [6.45, 7) is 7.64. The van der Waals surface area contributed by atoms with Crippen LogP contribution < -0.4 is 0 Å². The topological polar surface area (TPSA) is 20.7 Å². The molecule has 0 saturated carbocycles. The van der Waals surface area contributed by atoms with E-state index in [0.29, 0.717) is 0 Å². The molecule has 0 saturated heterocycles. The van der Waals surface area contributed by atoms with E-state index < -0.39 is 0 Å². The molecule has 2 aromatic rings. The number of H-pyrrole nitrogens is 1. The number of aryl methyl sites for hydroxylation is 1. The van der Waals surface area contributed by atoms with Gasteiger partial charge in [-0.05, 0) is 49.9 Å². The van der Waals surface area contributed by atoms with Gasteiger partial charge in [0.15, 0.2) is 4.77 Å². The van der Waals surface area contributed by atoms with Crippen LogP contribution in [0.3, 0.4) is 0 Å². The van der Waals surface area contributed by atoms with Crippen molar-refractivity contribution in [3.8, 4) is 0 Å². The summed E-state index contributed by atoms with van der Waals surface area (Å²) in [5.41, 5.74) is 3.66. The summed E-state index contributed by atoms with van der Waals surface area (Å²) in [7, 11) is 0. The molecule has 0 radical (unpaired) electrons. The lowest BCUT2D eigenvalue weighted by atomic mass is 10.0. The van der Waals surface area contributed by atoms with Crippen LogP contribution in [0.25, 0.3) is 11.0 Å². The standard InChI is InChI=1S/C15H22N2S2/c1-5-15(6-2,19-4)10-17-12-9-7-8-11(3)13(12)16-14(17)18/h7-9H,5-6,10H2,1-4H3,(H,16,18). The summed E-state index contributed by atoms with van der Waals surface area (Å²) in [6, 6.07) is 6.39. The summed E-state index contributed by atoms with van der Waals surface area (Å²) in [6.07, 6.45) is 4.52. The number of aromatic amines is 1. The van der Waals surface area contributed by atoms with E-state index in [-0.39, 0.29) is 4.75 Å². The molecule has 19 heavy (non-hydrogen) atoms. The van der Waals surface area contributed by atoms with E-state index in [1.807, 2.05) is 11.8 Å². The number of rotatable bonds is 5. The first-order chi connectivity index (χ1) is 9.06. The van der Waals surface area contributed by atoms with Crippen LogP contribution in [-0.2, 0) is 6.54 Å². The van der Waals surface area contributed by atoms with E-state index >= 15 is 0 Å². The average Bonchev–Trinajstić information content (AvgIpc) is 2.74. The van der Waals surface area contributed by atoms with E-state index in [9.17, 15) is 0 Å². The highest BCUT2D eigenvalue weighted by molar-refractivity contribution is 8.00. The molecule has 0 unspecified atom stereocenters. The third kappa shape index (κ3) is 2.61. The Kier molecular flexibility index (Phi) is 4.41. The first kappa shape index (κ1) is 14.7. The first-order valence-electron chi connectivity index (χ1n) is 6.80. The number of hydrogen-bond acceptors (Lipinski definition) is 2. The number of thioether (sulfide) groups is 1. The van der Waals surface area contributed by atoms with Crippen LogP contribution in [0.2, 0.25) is 0 Å². The Balaban J connectivity index is 2.54. The molecular formula is C15H22N2S2. The van der Waals surface area contributed by atoms with Crippen LogP contribution in [0.1, 0.15) is 32.3 Å². The molecule has 2 rings (SSSR count). The van der Waals surface area contributed by atoms with Crippen LogP contribution in [0, 0.1) is 11.7 Å². The van der Waals surface area contributed by atoms with Crippen molar-refractivity contribution in [1.82, 2.24) is 9.55 Å². The molecule has 0 aliphatic rings. The number of nitrogens with zero attached hydrogens (tertiary/aromatic N) is 1. The summed E-state index contributed by atoms with van der Waals surface area (Å²) in [4.78, 5) is 3.36. The van der Waals surface area contributed by atoms with Gasteiger partial charge in [0.25, 0.3) is 0 Å². The number of imidazole rings is 1. The van der Waals surface area contributed by atoms with E-state index in [4.69, 9.17) is 12.2 Å². The molecule has 0 aliphatic carbocycles. The lowest BCUT2D eigenvalue weighted by Gasteiger charge is -2.30. The normalized spacial score (nSPS) is 12.2. The predicted octanol–water partition coefficient (Wildman–Crippen LogP) is 4.93. The second-order valence-corrected chi connectivity index (χ2v) is 6.74. The maximum Gasteiger partial charge on any atom is 0.178 e. The Labute approximate surface area is 124 Å². The van der Waals surface area contributed by atoms with Gasteiger partial charge in [-0.2, -0.15) is 11.8 Å². The minimum Gasteiger partial charge on any atom is -0.330 e. The maximum absolute atomic E-state index is 5.52. The summed E-state index contributed by atoms with van der Waals surface area (Å²) < 4.78 is 3.38. The third-order valence-corrected chi connectivity index (χ3v) is 6.08. The third-order valence-electron chi connectivity index (χ3n) is 4.19. The molecule has 0 atom stereocenters. The average molecular weight is 294 g/mol. The van der Waals surface area contributed by atoms with Crippen molar-refractivity contribution < 1.29 is 0 Å². The van der Waals surface area contributed by atoms with Gasteiger partial charge in [0.05, 0.1) is 11.0 Å². The number of para-hydroxylation sites is 1. The molecule has 0 amide bonds. The Morgan fingerprint density at radius 1 is 1.32 bits per heavy atom. The summed E-state index contributed by atoms with van der Waals surface area (Å²) in [5.74, 6) is 0. The highest BCUT2D eigenvalue weighted by atomic mass is 32.2.